The summed E-state index contributed by atoms with van der Waals surface area (Å²) in [4.78, 5) is 28.7. The van der Waals surface area contributed by atoms with E-state index in [4.69, 9.17) is 27.9 Å². The number of methoxy groups -OCH3 is 1. The number of nitrogens with one attached hydrogen (secondary N) is 1. The number of halogens is 2. The smallest absolute Gasteiger partial charge is 0.340 e. The average Bonchev–Trinajstić information content (AvgIpc) is 2.70. The summed E-state index contributed by atoms with van der Waals surface area (Å²) in [6.45, 7) is 3.09. The number of aromatic hydroxyl groups is 1. The molecule has 1 amide bonds. The van der Waals surface area contributed by atoms with Crippen LogP contribution in [0.25, 0.3) is 0 Å². The zero-order chi connectivity index (χ0) is 21.0. The molecule has 0 unspecified atom stereocenters. The number of nitrogens with zero attached hydrogens (tertiary/aromatic N) is 2. The molecule has 1 fully saturated rings. The lowest BCUT2D eigenvalue weighted by molar-refractivity contribution is -0.117. The van der Waals surface area contributed by atoms with Gasteiger partial charge in [0.15, 0.2) is 0 Å². The summed E-state index contributed by atoms with van der Waals surface area (Å²) >= 11 is 12.1. The second-order valence-electron chi connectivity index (χ2n) is 6.63. The molecule has 0 spiro atoms. The predicted molar refractivity (Wildman–Crippen MR) is 113 cm³/mol. The predicted octanol–water partition coefficient (Wildman–Crippen LogP) is 3.25. The van der Waals surface area contributed by atoms with Crippen molar-refractivity contribution in [3.8, 4) is 5.75 Å². The number of phenols is 1. The number of rotatable bonds is 5. The molecule has 0 radical (unpaired) electrons. The lowest BCUT2D eigenvalue weighted by Gasteiger charge is -2.35. The number of anilines is 2. The molecule has 1 heterocycles. The second kappa shape index (κ2) is 9.35. The number of esters is 1. The molecule has 0 bridgehead atoms. The maximum Gasteiger partial charge on any atom is 0.340 e. The highest BCUT2D eigenvalue weighted by Gasteiger charge is 2.22. The van der Waals surface area contributed by atoms with Crippen molar-refractivity contribution in [2.75, 3.05) is 50.1 Å². The van der Waals surface area contributed by atoms with Crippen LogP contribution in [-0.2, 0) is 9.53 Å². The molecule has 3 rings (SSSR count). The summed E-state index contributed by atoms with van der Waals surface area (Å²) in [5.74, 6) is -0.680. The van der Waals surface area contributed by atoms with E-state index in [0.717, 1.165) is 18.8 Å². The molecule has 1 aliphatic rings. The average molecular weight is 438 g/mol. The number of phenolic OH excluding ortho intramolecular Hbond substituents is 1. The highest BCUT2D eigenvalue weighted by molar-refractivity contribution is 6.37. The summed E-state index contributed by atoms with van der Waals surface area (Å²) in [7, 11) is 1.25. The first-order valence-corrected chi connectivity index (χ1v) is 9.76. The van der Waals surface area contributed by atoms with Crippen molar-refractivity contribution in [2.45, 2.75) is 0 Å². The van der Waals surface area contributed by atoms with E-state index in [9.17, 15) is 14.7 Å². The molecule has 29 heavy (non-hydrogen) atoms. The molecule has 2 aromatic carbocycles. The molecule has 1 aliphatic heterocycles. The number of ether oxygens (including phenoxy) is 1. The first kappa shape index (κ1) is 21.2. The SMILES string of the molecule is COC(=O)c1cc(Cl)cc(Cl)c1NC(=O)CN1CCN(c2ccc(O)cc2)CC1. The molecule has 1 saturated heterocycles. The Balaban J connectivity index is 1.60. The fourth-order valence-corrected chi connectivity index (χ4v) is 3.72. The molecular formula is C20H21Cl2N3O4. The van der Waals surface area contributed by atoms with E-state index >= 15 is 0 Å². The van der Waals surface area contributed by atoms with Gasteiger partial charge in [-0.05, 0) is 36.4 Å². The Morgan fingerprint density at radius 3 is 2.38 bits per heavy atom. The van der Waals surface area contributed by atoms with Gasteiger partial charge in [-0.15, -0.1) is 0 Å². The lowest BCUT2D eigenvalue weighted by Crippen LogP contribution is -2.48. The number of hydrogen-bond acceptors (Lipinski definition) is 6. The minimum Gasteiger partial charge on any atom is -0.508 e. The van der Waals surface area contributed by atoms with Crippen molar-refractivity contribution >= 4 is 46.5 Å². The molecule has 2 aromatic rings. The fourth-order valence-electron chi connectivity index (χ4n) is 3.18. The largest absolute Gasteiger partial charge is 0.508 e. The van der Waals surface area contributed by atoms with Gasteiger partial charge in [-0.3, -0.25) is 9.69 Å². The molecule has 0 saturated carbocycles. The van der Waals surface area contributed by atoms with E-state index in [1.165, 1.54) is 19.2 Å². The van der Waals surface area contributed by atoms with Gasteiger partial charge in [0.1, 0.15) is 5.75 Å². The molecule has 0 aromatic heterocycles. The van der Waals surface area contributed by atoms with Crippen LogP contribution in [-0.4, -0.2) is 61.7 Å². The van der Waals surface area contributed by atoms with Crippen LogP contribution in [0.3, 0.4) is 0 Å². The van der Waals surface area contributed by atoms with E-state index in [1.54, 1.807) is 12.1 Å². The Kier molecular flexibility index (Phi) is 6.84. The number of piperazine rings is 1. The number of benzene rings is 2. The van der Waals surface area contributed by atoms with Crippen molar-refractivity contribution in [3.05, 3.63) is 52.0 Å². The molecule has 7 nitrogen and oxygen atoms in total. The van der Waals surface area contributed by atoms with E-state index in [0.29, 0.717) is 13.1 Å². The van der Waals surface area contributed by atoms with Crippen LogP contribution < -0.4 is 10.2 Å². The quantitative estimate of drug-likeness (QED) is 0.698. The van der Waals surface area contributed by atoms with Gasteiger partial charge in [-0.2, -0.15) is 0 Å². The van der Waals surface area contributed by atoms with E-state index in [-0.39, 0.29) is 39.5 Å². The van der Waals surface area contributed by atoms with Crippen LogP contribution in [0.4, 0.5) is 11.4 Å². The van der Waals surface area contributed by atoms with E-state index in [1.807, 2.05) is 17.0 Å². The Morgan fingerprint density at radius 1 is 1.10 bits per heavy atom. The van der Waals surface area contributed by atoms with Crippen molar-refractivity contribution in [2.24, 2.45) is 0 Å². The van der Waals surface area contributed by atoms with E-state index < -0.39 is 5.97 Å². The Morgan fingerprint density at radius 2 is 1.76 bits per heavy atom. The molecule has 154 valence electrons. The van der Waals surface area contributed by atoms with Gasteiger partial charge in [0.2, 0.25) is 5.91 Å². The summed E-state index contributed by atoms with van der Waals surface area (Å²) in [6, 6.07) is 9.92. The number of hydrogen-bond donors (Lipinski definition) is 2. The van der Waals surface area contributed by atoms with Gasteiger partial charge in [-0.1, -0.05) is 23.2 Å². The highest BCUT2D eigenvalue weighted by atomic mass is 35.5. The van der Waals surface area contributed by atoms with Gasteiger partial charge in [0, 0.05) is 36.9 Å². The van der Waals surface area contributed by atoms with Crippen molar-refractivity contribution in [1.82, 2.24) is 4.90 Å². The third-order valence-electron chi connectivity index (χ3n) is 4.68. The topological polar surface area (TPSA) is 82.1 Å². The summed E-state index contributed by atoms with van der Waals surface area (Å²) in [5, 5.41) is 12.6. The monoisotopic (exact) mass is 437 g/mol. The summed E-state index contributed by atoms with van der Waals surface area (Å²) in [5.41, 5.74) is 1.33. The van der Waals surface area contributed by atoms with Crippen molar-refractivity contribution in [1.29, 1.82) is 0 Å². The molecule has 0 aliphatic carbocycles. The van der Waals surface area contributed by atoms with Gasteiger partial charge in [0.05, 0.1) is 29.9 Å². The fraction of sp³-hybridized carbons (Fsp3) is 0.300. The van der Waals surface area contributed by atoms with Crippen LogP contribution in [0.1, 0.15) is 10.4 Å². The number of carbonyl (C=O) groups is 2. The molecule has 0 atom stereocenters. The number of carbonyl (C=O) groups excluding carboxylic acids is 2. The van der Waals surface area contributed by atoms with Crippen molar-refractivity contribution < 1.29 is 19.4 Å². The van der Waals surface area contributed by atoms with Crippen LogP contribution in [0.15, 0.2) is 36.4 Å². The first-order chi connectivity index (χ1) is 13.9. The van der Waals surface area contributed by atoms with Crippen LogP contribution >= 0.6 is 23.2 Å². The molecule has 9 heteroatoms. The Labute approximate surface area is 178 Å². The Bertz CT molecular complexity index is 897. The summed E-state index contributed by atoms with van der Waals surface area (Å²) in [6.07, 6.45) is 0. The summed E-state index contributed by atoms with van der Waals surface area (Å²) < 4.78 is 4.74. The van der Waals surface area contributed by atoms with Crippen LogP contribution in [0.5, 0.6) is 5.75 Å². The first-order valence-electron chi connectivity index (χ1n) is 9.01. The normalized spacial score (nSPS) is 14.5. The van der Waals surface area contributed by atoms with Gasteiger partial charge >= 0.3 is 5.97 Å². The zero-order valence-electron chi connectivity index (χ0n) is 15.8. The van der Waals surface area contributed by atoms with Gasteiger partial charge in [0.25, 0.3) is 0 Å². The highest BCUT2D eigenvalue weighted by Crippen LogP contribution is 2.31. The van der Waals surface area contributed by atoms with Crippen molar-refractivity contribution in [3.63, 3.8) is 0 Å². The van der Waals surface area contributed by atoms with Gasteiger partial charge in [-0.25, -0.2) is 4.79 Å². The number of amides is 1. The third-order valence-corrected chi connectivity index (χ3v) is 5.20. The second-order valence-corrected chi connectivity index (χ2v) is 7.47. The molecular weight excluding hydrogens is 417 g/mol. The maximum absolute atomic E-state index is 12.5. The van der Waals surface area contributed by atoms with Crippen LogP contribution in [0.2, 0.25) is 10.0 Å². The minimum atomic E-state index is -0.632. The van der Waals surface area contributed by atoms with Crippen LogP contribution in [0, 0.1) is 0 Å². The maximum atomic E-state index is 12.5. The standard InChI is InChI=1S/C20H21Cl2N3O4/c1-29-20(28)16-10-13(21)11-17(22)19(16)23-18(27)12-24-6-8-25(9-7-24)14-2-4-15(26)5-3-14/h2-5,10-11,26H,6-9,12H2,1H3,(H,23,27). The van der Waals surface area contributed by atoms with E-state index in [2.05, 4.69) is 10.2 Å². The minimum absolute atomic E-state index is 0.107. The molecule has 2 N–H and O–H groups in total. The zero-order valence-corrected chi connectivity index (χ0v) is 17.3. The Hall–Kier alpha value is -2.48. The third kappa shape index (κ3) is 5.32. The van der Waals surface area contributed by atoms with Gasteiger partial charge < -0.3 is 20.1 Å². The lowest BCUT2D eigenvalue weighted by atomic mass is 10.1.